The number of carbonyl (C=O) groups excluding carboxylic acids is 1. The van der Waals surface area contributed by atoms with Gasteiger partial charge in [-0.2, -0.15) is 4.72 Å². The van der Waals surface area contributed by atoms with E-state index in [4.69, 9.17) is 33.4 Å². The molecule has 2 aromatic carbocycles. The molecule has 0 aliphatic rings. The van der Waals surface area contributed by atoms with Crippen LogP contribution in [-0.2, 0) is 15.0 Å². The van der Waals surface area contributed by atoms with Crippen LogP contribution in [0.2, 0.25) is 5.02 Å². The molecule has 9 nitrogen and oxygen atoms in total. The maximum Gasteiger partial charge on any atom is 0.434 e. The summed E-state index contributed by atoms with van der Waals surface area (Å²) in [5, 5.41) is 5.84. The van der Waals surface area contributed by atoms with Crippen molar-refractivity contribution in [3.8, 4) is 0 Å². The second-order valence-corrected chi connectivity index (χ2v) is 9.54. The zero-order valence-electron chi connectivity index (χ0n) is 16.6. The molecule has 0 unspecified atom stereocenters. The molecular formula is C19H17Cl2FN4O5S. The number of sulfonamides is 1. The van der Waals surface area contributed by atoms with Crippen molar-refractivity contribution in [2.24, 2.45) is 5.73 Å². The number of carbonyl (C=O) groups is 1. The van der Waals surface area contributed by atoms with Crippen molar-refractivity contribution in [2.45, 2.75) is 29.7 Å². The highest BCUT2D eigenvalue weighted by Crippen LogP contribution is 2.43. The molecule has 0 spiro atoms. The smallest absolute Gasteiger partial charge is 0.389 e. The number of H-pyrrole nitrogens is 1. The molecule has 3 aromatic rings. The highest BCUT2D eigenvalue weighted by Gasteiger charge is 2.47. The van der Waals surface area contributed by atoms with Gasteiger partial charge in [0.05, 0.1) is 10.5 Å². The Morgan fingerprint density at radius 1 is 1.31 bits per heavy atom. The number of amides is 1. The lowest BCUT2D eigenvalue weighted by molar-refractivity contribution is 0.0997. The molecule has 3 rings (SSSR count). The first-order chi connectivity index (χ1) is 14.9. The molecule has 4 N–H and O–H groups in total. The van der Waals surface area contributed by atoms with Gasteiger partial charge >= 0.3 is 5.76 Å². The molecule has 0 saturated carbocycles. The number of nitrogens with one attached hydrogen (secondary N) is 2. The van der Waals surface area contributed by atoms with Crippen LogP contribution in [-0.4, -0.2) is 24.5 Å². The summed E-state index contributed by atoms with van der Waals surface area (Å²) >= 11 is 12.8. The van der Waals surface area contributed by atoms with Gasteiger partial charge in [0.15, 0.2) is 5.00 Å². The Balaban J connectivity index is 2.22. The molecule has 1 amide bonds. The third kappa shape index (κ3) is 4.29. The summed E-state index contributed by atoms with van der Waals surface area (Å²) in [5.74, 6) is -4.51. The van der Waals surface area contributed by atoms with Gasteiger partial charge in [-0.15, -0.1) is 5.10 Å². The lowest BCUT2D eigenvalue weighted by Gasteiger charge is -2.32. The summed E-state index contributed by atoms with van der Waals surface area (Å²) in [6.45, 7) is 2.91. The van der Waals surface area contributed by atoms with Crippen LogP contribution in [0.25, 0.3) is 0 Å². The lowest BCUT2D eigenvalue weighted by atomic mass is 9.89. The van der Waals surface area contributed by atoms with Crippen LogP contribution in [0.4, 0.5) is 4.39 Å². The van der Waals surface area contributed by atoms with Crippen molar-refractivity contribution >= 4 is 39.1 Å². The minimum atomic E-state index is -4.58. The van der Waals surface area contributed by atoms with Gasteiger partial charge in [-0.1, -0.05) is 42.3 Å². The molecular weight excluding hydrogens is 486 g/mol. The van der Waals surface area contributed by atoms with E-state index in [1.807, 2.05) is 5.10 Å². The maximum atomic E-state index is 14.8. The minimum absolute atomic E-state index is 0.0379. The minimum Gasteiger partial charge on any atom is -0.389 e. The number of hydrogen-bond acceptors (Lipinski definition) is 6. The first-order valence-electron chi connectivity index (χ1n) is 9.00. The molecule has 0 bridgehead atoms. The van der Waals surface area contributed by atoms with Crippen LogP contribution in [0.15, 0.2) is 50.5 Å². The highest BCUT2D eigenvalue weighted by atomic mass is 35.5. The van der Waals surface area contributed by atoms with Gasteiger partial charge < -0.3 is 10.2 Å². The zero-order chi connectivity index (χ0) is 23.8. The van der Waals surface area contributed by atoms with Gasteiger partial charge in [-0.3, -0.25) is 4.79 Å². The van der Waals surface area contributed by atoms with Gasteiger partial charge in [0.1, 0.15) is 5.82 Å². The molecule has 2 atom stereocenters. The standard InChI is InChI=1S/C19H17Cl2FN4O5S/c1-9-12(20)7-8-13(22)15(9)10(2)19(21,17-24-25-18(28)31-17)26-32(29,30)14-6-4-3-5-11(14)16(23)27/h3-8,10,26H,1-2H3,(H2,23,27)(H,25,28)/t10-,19-/m1/s1. The van der Waals surface area contributed by atoms with Crippen LogP contribution in [0.3, 0.4) is 0 Å². The summed E-state index contributed by atoms with van der Waals surface area (Å²) in [5.41, 5.74) is 5.24. The monoisotopic (exact) mass is 502 g/mol. The normalized spacial score (nSPS) is 14.7. The second kappa shape index (κ2) is 8.66. The molecule has 13 heteroatoms. The average molecular weight is 503 g/mol. The number of aromatic amines is 1. The lowest BCUT2D eigenvalue weighted by Crippen LogP contribution is -2.46. The van der Waals surface area contributed by atoms with Crippen LogP contribution in [0.1, 0.15) is 40.2 Å². The van der Waals surface area contributed by atoms with E-state index in [0.717, 1.165) is 12.1 Å². The molecule has 0 aliphatic carbocycles. The number of hydrogen-bond donors (Lipinski definition) is 3. The molecule has 1 aromatic heterocycles. The fourth-order valence-electron chi connectivity index (χ4n) is 3.26. The Morgan fingerprint density at radius 2 is 1.97 bits per heavy atom. The van der Waals surface area contributed by atoms with Gasteiger partial charge in [0.25, 0.3) is 5.89 Å². The number of nitrogens with zero attached hydrogens (tertiary/aromatic N) is 1. The summed E-state index contributed by atoms with van der Waals surface area (Å²) in [6, 6.07) is 7.57. The number of nitrogens with two attached hydrogens (primary N) is 1. The van der Waals surface area contributed by atoms with Gasteiger partial charge in [-0.25, -0.2) is 22.7 Å². The van der Waals surface area contributed by atoms with Crippen LogP contribution in [0.5, 0.6) is 0 Å². The number of rotatable bonds is 7. The van der Waals surface area contributed by atoms with Gasteiger partial charge in [-0.05, 0) is 42.3 Å². The van der Waals surface area contributed by atoms with Crippen molar-refractivity contribution in [3.05, 3.63) is 80.4 Å². The fraction of sp³-hybridized carbons (Fsp3) is 0.211. The predicted molar refractivity (Wildman–Crippen MR) is 114 cm³/mol. The SMILES string of the molecule is Cc1c(Cl)ccc(F)c1[C@@H](C)[C@@](Cl)(NS(=O)(=O)c1ccccc1C(N)=O)c1n[nH]c(=O)o1. The average Bonchev–Trinajstić information content (AvgIpc) is 3.17. The Morgan fingerprint density at radius 3 is 2.56 bits per heavy atom. The van der Waals surface area contributed by atoms with E-state index < -0.39 is 49.2 Å². The van der Waals surface area contributed by atoms with Crippen molar-refractivity contribution in [3.63, 3.8) is 0 Å². The van der Waals surface area contributed by atoms with E-state index in [1.54, 1.807) is 0 Å². The number of halogens is 3. The molecule has 0 aliphatic heterocycles. The van der Waals surface area contributed by atoms with E-state index in [2.05, 4.69) is 9.82 Å². The summed E-state index contributed by atoms with van der Waals surface area (Å²) < 4.78 is 48.4. The maximum absolute atomic E-state index is 14.8. The Hall–Kier alpha value is -2.73. The Kier molecular flexibility index (Phi) is 6.47. The van der Waals surface area contributed by atoms with E-state index in [1.165, 1.54) is 38.1 Å². The Labute approximate surface area is 191 Å². The topological polar surface area (TPSA) is 148 Å². The largest absolute Gasteiger partial charge is 0.434 e. The summed E-state index contributed by atoms with van der Waals surface area (Å²) in [4.78, 5) is 20.5. The van der Waals surface area contributed by atoms with Crippen LogP contribution < -0.4 is 16.2 Å². The van der Waals surface area contributed by atoms with Crippen molar-refractivity contribution < 1.29 is 22.0 Å². The number of benzene rings is 2. The second-order valence-electron chi connectivity index (χ2n) is 6.89. The molecule has 1 heterocycles. The van der Waals surface area contributed by atoms with Gasteiger partial charge in [0.2, 0.25) is 15.9 Å². The number of primary amides is 1. The zero-order valence-corrected chi connectivity index (χ0v) is 19.0. The predicted octanol–water partition coefficient (Wildman–Crippen LogP) is 2.74. The van der Waals surface area contributed by atoms with E-state index in [9.17, 15) is 22.4 Å². The third-order valence-electron chi connectivity index (χ3n) is 4.90. The molecule has 32 heavy (non-hydrogen) atoms. The number of alkyl halides is 1. The fourth-order valence-corrected chi connectivity index (χ4v) is 5.40. The molecule has 0 saturated heterocycles. The van der Waals surface area contributed by atoms with Crippen molar-refractivity contribution in [2.75, 3.05) is 0 Å². The van der Waals surface area contributed by atoms with Gasteiger partial charge in [0, 0.05) is 10.9 Å². The van der Waals surface area contributed by atoms with Crippen LogP contribution >= 0.6 is 23.2 Å². The van der Waals surface area contributed by atoms with E-state index in [0.29, 0.717) is 5.56 Å². The van der Waals surface area contributed by atoms with Crippen LogP contribution in [0, 0.1) is 12.7 Å². The third-order valence-corrected chi connectivity index (χ3v) is 7.53. The quantitative estimate of drug-likeness (QED) is 0.334. The van der Waals surface area contributed by atoms with Crippen molar-refractivity contribution in [1.29, 1.82) is 0 Å². The molecule has 0 fully saturated rings. The highest BCUT2D eigenvalue weighted by molar-refractivity contribution is 7.89. The Bertz CT molecular complexity index is 1360. The molecule has 170 valence electrons. The van der Waals surface area contributed by atoms with E-state index >= 15 is 0 Å². The first-order valence-corrected chi connectivity index (χ1v) is 11.2. The van der Waals surface area contributed by atoms with Crippen molar-refractivity contribution in [1.82, 2.24) is 14.9 Å². The first kappa shape index (κ1) is 23.9. The van der Waals surface area contributed by atoms with E-state index in [-0.39, 0.29) is 16.1 Å². The summed E-state index contributed by atoms with van der Waals surface area (Å²) in [6.07, 6.45) is 0. The summed E-state index contributed by atoms with van der Waals surface area (Å²) in [7, 11) is -4.58. The number of aromatic nitrogens is 2. The molecule has 0 radical (unpaired) electrons.